The van der Waals surface area contributed by atoms with Crippen molar-refractivity contribution >= 4 is 0 Å². The second kappa shape index (κ2) is 4.00. The fraction of sp³-hybridized carbons (Fsp3) is 0.444. The second-order valence-electron chi connectivity index (χ2n) is 6.19. The van der Waals surface area contributed by atoms with E-state index in [0.29, 0.717) is 0 Å². The minimum absolute atomic E-state index is 0.214. The summed E-state index contributed by atoms with van der Waals surface area (Å²) in [5.41, 5.74) is 3.60. The van der Waals surface area contributed by atoms with Gasteiger partial charge in [0, 0.05) is 10.8 Å². The Morgan fingerprint density at radius 3 is 2.74 bits per heavy atom. The quantitative estimate of drug-likeness (QED) is 0.711. The van der Waals surface area contributed by atoms with Gasteiger partial charge in [-0.2, -0.15) is 0 Å². The number of ether oxygens (including phenoxy) is 1. The Hall–Kier alpha value is -1.50. The van der Waals surface area contributed by atoms with E-state index in [4.69, 9.17) is 4.74 Å². The largest absolute Gasteiger partial charge is 0.501 e. The Labute approximate surface area is 115 Å². The minimum Gasteiger partial charge on any atom is -0.501 e. The summed E-state index contributed by atoms with van der Waals surface area (Å²) in [6, 6.07) is 11.0. The van der Waals surface area contributed by atoms with Crippen LogP contribution in [0, 0.1) is 5.41 Å². The first-order valence-electron chi connectivity index (χ1n) is 7.42. The van der Waals surface area contributed by atoms with Crippen molar-refractivity contribution in [3.8, 4) is 0 Å². The normalized spacial score (nSPS) is 36.1. The highest BCUT2D eigenvalue weighted by atomic mass is 16.5. The molecule has 1 aromatic rings. The first-order valence-corrected chi connectivity index (χ1v) is 7.42. The van der Waals surface area contributed by atoms with E-state index in [1.807, 2.05) is 6.26 Å². The van der Waals surface area contributed by atoms with E-state index < -0.39 is 0 Å². The lowest BCUT2D eigenvalue weighted by atomic mass is 9.77. The molecule has 1 heterocycles. The van der Waals surface area contributed by atoms with Crippen molar-refractivity contribution < 1.29 is 4.74 Å². The Balaban J connectivity index is 1.78. The van der Waals surface area contributed by atoms with Crippen molar-refractivity contribution in [2.45, 2.75) is 37.5 Å². The number of benzene rings is 1. The third-order valence-electron chi connectivity index (χ3n) is 5.28. The maximum atomic E-state index is 5.69. The molecule has 2 unspecified atom stereocenters. The number of hydrogen-bond acceptors (Lipinski definition) is 1. The average Bonchev–Trinajstić information content (AvgIpc) is 3.21. The summed E-state index contributed by atoms with van der Waals surface area (Å²) in [5.74, 6) is 0. The van der Waals surface area contributed by atoms with Crippen molar-refractivity contribution in [2.75, 3.05) is 6.61 Å². The zero-order valence-corrected chi connectivity index (χ0v) is 11.3. The van der Waals surface area contributed by atoms with Crippen LogP contribution in [0.5, 0.6) is 0 Å². The minimum atomic E-state index is 0.214. The average molecular weight is 252 g/mol. The van der Waals surface area contributed by atoms with E-state index in [0.717, 1.165) is 6.61 Å². The first-order chi connectivity index (χ1) is 9.37. The van der Waals surface area contributed by atoms with Crippen LogP contribution in [0.2, 0.25) is 0 Å². The summed E-state index contributed by atoms with van der Waals surface area (Å²) in [6.07, 6.45) is 13.3. The van der Waals surface area contributed by atoms with Gasteiger partial charge in [0.1, 0.15) is 0 Å². The fourth-order valence-corrected chi connectivity index (χ4v) is 4.16. The number of allylic oxidation sites excluding steroid dienone is 3. The summed E-state index contributed by atoms with van der Waals surface area (Å²) in [4.78, 5) is 0. The number of fused-ring (bicyclic) bond motifs is 1. The maximum Gasteiger partial charge on any atom is 0.0981 e. The molecule has 0 N–H and O–H groups in total. The van der Waals surface area contributed by atoms with E-state index in [9.17, 15) is 0 Å². The molecule has 0 radical (unpaired) electrons. The third kappa shape index (κ3) is 1.47. The van der Waals surface area contributed by atoms with Crippen LogP contribution in [0.15, 0.2) is 54.3 Å². The first kappa shape index (κ1) is 11.3. The molecule has 2 aliphatic carbocycles. The van der Waals surface area contributed by atoms with Crippen molar-refractivity contribution in [3.63, 3.8) is 0 Å². The van der Waals surface area contributed by atoms with Crippen molar-refractivity contribution in [3.05, 3.63) is 59.9 Å². The van der Waals surface area contributed by atoms with Gasteiger partial charge in [-0.05, 0) is 43.7 Å². The standard InChI is InChI=1S/C18H20O/c1-3-7-15(8-4-1)17-11-12-19-14-18(17,13-17)16-9-5-2-6-10-16/h2,5-7,9-12H,1,3-4,8,13-14H2. The van der Waals surface area contributed by atoms with Crippen molar-refractivity contribution in [2.24, 2.45) is 5.41 Å². The Bertz CT molecular complexity index is 542. The third-order valence-corrected chi connectivity index (χ3v) is 5.28. The molecule has 98 valence electrons. The van der Waals surface area contributed by atoms with Crippen LogP contribution in [-0.2, 0) is 10.2 Å². The molecular formula is C18H20O. The smallest absolute Gasteiger partial charge is 0.0981 e. The van der Waals surface area contributed by atoms with Crippen LogP contribution in [0.25, 0.3) is 0 Å². The molecule has 3 aliphatic rings. The van der Waals surface area contributed by atoms with Gasteiger partial charge in [0.05, 0.1) is 12.9 Å². The van der Waals surface area contributed by atoms with E-state index in [-0.39, 0.29) is 10.8 Å². The number of rotatable bonds is 2. The molecule has 0 saturated heterocycles. The van der Waals surface area contributed by atoms with Crippen LogP contribution in [0.3, 0.4) is 0 Å². The summed E-state index contributed by atoms with van der Waals surface area (Å²) in [6.45, 7) is 0.838. The van der Waals surface area contributed by atoms with E-state index in [2.05, 4.69) is 42.5 Å². The molecule has 1 fully saturated rings. The predicted molar refractivity (Wildman–Crippen MR) is 76.8 cm³/mol. The lowest BCUT2D eigenvalue weighted by molar-refractivity contribution is 0.185. The topological polar surface area (TPSA) is 9.23 Å². The molecule has 0 bridgehead atoms. The van der Waals surface area contributed by atoms with Crippen LogP contribution in [0.1, 0.15) is 37.7 Å². The van der Waals surface area contributed by atoms with Crippen LogP contribution >= 0.6 is 0 Å². The van der Waals surface area contributed by atoms with Crippen LogP contribution < -0.4 is 0 Å². The SMILES string of the molecule is C1=CC2(C3=CCCCC3)CC2(c2ccccc2)CO1. The highest BCUT2D eigenvalue weighted by Crippen LogP contribution is 2.71. The zero-order valence-electron chi connectivity index (χ0n) is 11.3. The van der Waals surface area contributed by atoms with Crippen molar-refractivity contribution in [1.82, 2.24) is 0 Å². The molecule has 1 saturated carbocycles. The molecule has 19 heavy (non-hydrogen) atoms. The maximum absolute atomic E-state index is 5.69. The van der Waals surface area contributed by atoms with Gasteiger partial charge in [-0.25, -0.2) is 0 Å². The van der Waals surface area contributed by atoms with Gasteiger partial charge in [0.2, 0.25) is 0 Å². The molecule has 0 amide bonds. The highest BCUT2D eigenvalue weighted by Gasteiger charge is 2.69. The van der Waals surface area contributed by atoms with E-state index >= 15 is 0 Å². The molecule has 1 aliphatic heterocycles. The summed E-state index contributed by atoms with van der Waals surface area (Å²) in [5, 5.41) is 0. The summed E-state index contributed by atoms with van der Waals surface area (Å²) in [7, 11) is 0. The molecule has 4 rings (SSSR count). The van der Waals surface area contributed by atoms with Gasteiger partial charge in [-0.3, -0.25) is 0 Å². The predicted octanol–water partition coefficient (Wildman–Crippen LogP) is 4.36. The zero-order chi connectivity index (χ0) is 12.8. The number of hydrogen-bond donors (Lipinski definition) is 0. The van der Waals surface area contributed by atoms with Gasteiger partial charge >= 0.3 is 0 Å². The Morgan fingerprint density at radius 2 is 1.95 bits per heavy atom. The van der Waals surface area contributed by atoms with Gasteiger partial charge < -0.3 is 4.74 Å². The van der Waals surface area contributed by atoms with Gasteiger partial charge in [-0.15, -0.1) is 0 Å². The molecule has 2 atom stereocenters. The van der Waals surface area contributed by atoms with Gasteiger partial charge in [0.15, 0.2) is 0 Å². The molecule has 1 heteroatoms. The monoisotopic (exact) mass is 252 g/mol. The van der Waals surface area contributed by atoms with E-state index in [1.165, 1.54) is 37.7 Å². The molecular weight excluding hydrogens is 232 g/mol. The summed E-state index contributed by atoms with van der Waals surface area (Å²) < 4.78 is 5.69. The second-order valence-corrected chi connectivity index (χ2v) is 6.19. The molecule has 0 aromatic heterocycles. The summed E-state index contributed by atoms with van der Waals surface area (Å²) >= 11 is 0. The van der Waals surface area contributed by atoms with Crippen LogP contribution in [-0.4, -0.2) is 6.61 Å². The Morgan fingerprint density at radius 1 is 1.05 bits per heavy atom. The lowest BCUT2D eigenvalue weighted by Gasteiger charge is -2.30. The van der Waals surface area contributed by atoms with Crippen molar-refractivity contribution in [1.29, 1.82) is 0 Å². The van der Waals surface area contributed by atoms with Crippen LogP contribution in [0.4, 0.5) is 0 Å². The fourth-order valence-electron chi connectivity index (χ4n) is 4.16. The van der Waals surface area contributed by atoms with Gasteiger partial charge in [0.25, 0.3) is 0 Å². The lowest BCUT2D eigenvalue weighted by Crippen LogP contribution is -2.27. The Kier molecular flexibility index (Phi) is 2.38. The van der Waals surface area contributed by atoms with E-state index in [1.54, 1.807) is 5.57 Å². The molecule has 0 spiro atoms. The molecule has 1 nitrogen and oxygen atoms in total. The van der Waals surface area contributed by atoms with Gasteiger partial charge in [-0.1, -0.05) is 42.0 Å². The molecule has 1 aromatic carbocycles. The highest BCUT2D eigenvalue weighted by molar-refractivity contribution is 5.51.